The van der Waals surface area contributed by atoms with Gasteiger partial charge in [-0.25, -0.2) is 0 Å². The molecule has 0 bridgehead atoms. The largest absolute Gasteiger partial charge is 0.481 e. The Hall–Kier alpha value is -1.46. The normalized spacial score (nSPS) is 10.4. The summed E-state index contributed by atoms with van der Waals surface area (Å²) in [5.74, 6) is -0.834. The van der Waals surface area contributed by atoms with Gasteiger partial charge in [0.2, 0.25) is 0 Å². The molecule has 0 unspecified atom stereocenters. The molecule has 2 rings (SSSR count). The molecule has 0 amide bonds. The molecule has 0 aliphatic rings. The summed E-state index contributed by atoms with van der Waals surface area (Å²) in [4.78, 5) is 10.4. The second-order valence-electron chi connectivity index (χ2n) is 3.37. The highest BCUT2D eigenvalue weighted by Crippen LogP contribution is 2.30. The van der Waals surface area contributed by atoms with Gasteiger partial charge in [-0.2, -0.15) is 0 Å². The maximum absolute atomic E-state index is 10.4. The summed E-state index contributed by atoms with van der Waals surface area (Å²) in [5, 5.41) is 18.6. The van der Waals surface area contributed by atoms with E-state index in [9.17, 15) is 4.79 Å². The first-order valence-corrected chi connectivity index (χ1v) is 6.15. The van der Waals surface area contributed by atoms with Crippen molar-refractivity contribution in [1.29, 1.82) is 0 Å². The molecule has 1 aromatic heterocycles. The van der Waals surface area contributed by atoms with Gasteiger partial charge in [0.25, 0.3) is 0 Å². The summed E-state index contributed by atoms with van der Waals surface area (Å²) in [6.07, 6.45) is 0.467. The van der Waals surface area contributed by atoms with Gasteiger partial charge in [0.05, 0.1) is 11.4 Å². The number of benzene rings is 1. The highest BCUT2D eigenvalue weighted by molar-refractivity contribution is 7.14. The predicted octanol–water partition coefficient (Wildman–Crippen LogP) is 2.88. The van der Waals surface area contributed by atoms with Crippen LogP contribution in [0.25, 0.3) is 10.6 Å². The van der Waals surface area contributed by atoms with Gasteiger partial charge < -0.3 is 5.11 Å². The van der Waals surface area contributed by atoms with Crippen LogP contribution in [-0.4, -0.2) is 21.3 Å². The van der Waals surface area contributed by atoms with Crippen molar-refractivity contribution in [1.82, 2.24) is 10.2 Å². The van der Waals surface area contributed by atoms with E-state index in [0.717, 1.165) is 10.6 Å². The van der Waals surface area contributed by atoms with Crippen molar-refractivity contribution in [2.45, 2.75) is 12.8 Å². The summed E-state index contributed by atoms with van der Waals surface area (Å²) in [5.41, 5.74) is 0.827. The van der Waals surface area contributed by atoms with E-state index in [0.29, 0.717) is 16.5 Å². The lowest BCUT2D eigenvalue weighted by Gasteiger charge is -1.96. The average Bonchev–Trinajstić information content (AvgIpc) is 2.75. The highest BCUT2D eigenvalue weighted by Gasteiger charge is 2.10. The number of aryl methyl sites for hydroxylation is 1. The van der Waals surface area contributed by atoms with Gasteiger partial charge in [-0.15, -0.1) is 10.2 Å². The molecule has 0 spiro atoms. The zero-order chi connectivity index (χ0) is 12.3. The number of hydrogen-bond donors (Lipinski definition) is 1. The van der Waals surface area contributed by atoms with Crippen LogP contribution in [0.2, 0.25) is 5.02 Å². The zero-order valence-corrected chi connectivity index (χ0v) is 10.3. The molecule has 1 aromatic carbocycles. The molecule has 1 heterocycles. The van der Waals surface area contributed by atoms with Crippen molar-refractivity contribution < 1.29 is 9.90 Å². The average molecular weight is 269 g/mol. The molecule has 17 heavy (non-hydrogen) atoms. The van der Waals surface area contributed by atoms with Crippen LogP contribution < -0.4 is 0 Å². The molecule has 2 aromatic rings. The Kier molecular flexibility index (Phi) is 3.71. The van der Waals surface area contributed by atoms with Crippen molar-refractivity contribution in [3.05, 3.63) is 34.3 Å². The van der Waals surface area contributed by atoms with Crippen molar-refractivity contribution in [2.75, 3.05) is 0 Å². The number of aliphatic carboxylic acids is 1. The molecular formula is C11H9ClN2O2S. The Morgan fingerprint density at radius 1 is 1.35 bits per heavy atom. The van der Waals surface area contributed by atoms with Crippen molar-refractivity contribution >= 4 is 28.9 Å². The van der Waals surface area contributed by atoms with Crippen molar-refractivity contribution in [2.24, 2.45) is 0 Å². The standard InChI is InChI=1S/C11H9ClN2O2S/c12-8-4-2-1-3-7(8)11-14-13-9(17-11)5-6-10(15)16/h1-4H,5-6H2,(H,15,16). The summed E-state index contributed by atoms with van der Waals surface area (Å²) in [6.45, 7) is 0. The molecule has 0 saturated heterocycles. The number of nitrogens with zero attached hydrogens (tertiary/aromatic N) is 2. The third kappa shape index (κ3) is 3.01. The second-order valence-corrected chi connectivity index (χ2v) is 4.84. The summed E-state index contributed by atoms with van der Waals surface area (Å²) in [6, 6.07) is 7.37. The van der Waals surface area contributed by atoms with Crippen LogP contribution in [0, 0.1) is 0 Å². The molecule has 88 valence electrons. The Balaban J connectivity index is 2.18. The van der Waals surface area contributed by atoms with Crippen LogP contribution >= 0.6 is 22.9 Å². The monoisotopic (exact) mass is 268 g/mol. The van der Waals surface area contributed by atoms with Crippen LogP contribution in [0.1, 0.15) is 11.4 Å². The quantitative estimate of drug-likeness (QED) is 0.926. The number of carbonyl (C=O) groups is 1. The lowest BCUT2D eigenvalue weighted by Crippen LogP contribution is -1.96. The molecule has 0 saturated carbocycles. The van der Waals surface area contributed by atoms with Gasteiger partial charge in [0, 0.05) is 12.0 Å². The minimum Gasteiger partial charge on any atom is -0.481 e. The fraction of sp³-hybridized carbons (Fsp3) is 0.182. The van der Waals surface area contributed by atoms with Crippen molar-refractivity contribution in [3.8, 4) is 10.6 Å². The fourth-order valence-corrected chi connectivity index (χ4v) is 2.47. The number of carboxylic acid groups (broad SMARTS) is 1. The summed E-state index contributed by atoms with van der Waals surface area (Å²) < 4.78 is 0. The van der Waals surface area contributed by atoms with Crippen LogP contribution in [0.5, 0.6) is 0 Å². The number of carboxylic acids is 1. The van der Waals surface area contributed by atoms with Gasteiger partial charge in [0.1, 0.15) is 10.0 Å². The minimum atomic E-state index is -0.834. The van der Waals surface area contributed by atoms with E-state index in [1.54, 1.807) is 6.07 Å². The first kappa shape index (κ1) is 12.0. The van der Waals surface area contributed by atoms with Gasteiger partial charge in [-0.05, 0) is 6.07 Å². The smallest absolute Gasteiger partial charge is 0.303 e. The van der Waals surface area contributed by atoms with Gasteiger partial charge >= 0.3 is 5.97 Å². The van der Waals surface area contributed by atoms with Crippen LogP contribution in [-0.2, 0) is 11.2 Å². The first-order valence-electron chi connectivity index (χ1n) is 4.96. The topological polar surface area (TPSA) is 63.1 Å². The van der Waals surface area contributed by atoms with Crippen LogP contribution in [0.3, 0.4) is 0 Å². The number of halogens is 1. The minimum absolute atomic E-state index is 0.0666. The fourth-order valence-electron chi connectivity index (χ4n) is 1.31. The van der Waals surface area contributed by atoms with Crippen LogP contribution in [0.4, 0.5) is 0 Å². The first-order chi connectivity index (χ1) is 8.16. The summed E-state index contributed by atoms with van der Waals surface area (Å²) >= 11 is 7.41. The van der Waals surface area contributed by atoms with E-state index in [4.69, 9.17) is 16.7 Å². The van der Waals surface area contributed by atoms with Crippen molar-refractivity contribution in [3.63, 3.8) is 0 Å². The Labute approximate surface area is 107 Å². The lowest BCUT2D eigenvalue weighted by molar-refractivity contribution is -0.136. The van der Waals surface area contributed by atoms with Crippen LogP contribution in [0.15, 0.2) is 24.3 Å². The molecule has 0 fully saturated rings. The molecule has 0 aliphatic heterocycles. The Morgan fingerprint density at radius 2 is 2.12 bits per heavy atom. The number of hydrogen-bond acceptors (Lipinski definition) is 4. The molecular weight excluding hydrogens is 260 g/mol. The maximum Gasteiger partial charge on any atom is 0.303 e. The number of rotatable bonds is 4. The third-order valence-electron chi connectivity index (χ3n) is 2.12. The molecule has 0 atom stereocenters. The van der Waals surface area contributed by atoms with Gasteiger partial charge in [-0.1, -0.05) is 41.1 Å². The van der Waals surface area contributed by atoms with Gasteiger partial charge in [0.15, 0.2) is 0 Å². The van der Waals surface area contributed by atoms with E-state index in [-0.39, 0.29) is 6.42 Å². The SMILES string of the molecule is O=C(O)CCc1nnc(-c2ccccc2Cl)s1. The highest BCUT2D eigenvalue weighted by atomic mass is 35.5. The molecule has 0 radical (unpaired) electrons. The third-order valence-corrected chi connectivity index (χ3v) is 3.47. The van der Waals surface area contributed by atoms with E-state index >= 15 is 0 Å². The molecule has 0 aliphatic carbocycles. The Morgan fingerprint density at radius 3 is 2.82 bits per heavy atom. The van der Waals surface area contributed by atoms with E-state index < -0.39 is 5.97 Å². The lowest BCUT2D eigenvalue weighted by atomic mass is 10.2. The Bertz CT molecular complexity index is 542. The van der Waals surface area contributed by atoms with Gasteiger partial charge in [-0.3, -0.25) is 4.79 Å². The molecule has 1 N–H and O–H groups in total. The van der Waals surface area contributed by atoms with E-state index in [1.165, 1.54) is 11.3 Å². The second kappa shape index (κ2) is 5.25. The van der Waals surface area contributed by atoms with E-state index in [2.05, 4.69) is 10.2 Å². The molecule has 6 heteroatoms. The number of aromatic nitrogens is 2. The van der Waals surface area contributed by atoms with E-state index in [1.807, 2.05) is 18.2 Å². The zero-order valence-electron chi connectivity index (χ0n) is 8.76. The predicted molar refractivity (Wildman–Crippen MR) is 66.3 cm³/mol. The summed E-state index contributed by atoms with van der Waals surface area (Å²) in [7, 11) is 0. The maximum atomic E-state index is 10.4. The molecule has 4 nitrogen and oxygen atoms in total.